The minimum absolute atomic E-state index is 0.0212. The second kappa shape index (κ2) is 11.6. The molecule has 7 aromatic carbocycles. The molecule has 0 radical (unpaired) electrons. The number of hydrogen-bond acceptors (Lipinski definition) is 5. The van der Waals surface area contributed by atoms with Crippen molar-refractivity contribution in [3.63, 3.8) is 0 Å². The standard InChI is InChI=1S/C45H27N3OS/c1-3-10-28(11-4-1)30-14-9-15-31(24-30)32-20-23-39-38(25-32)35-21-18-33(26-40(35)49-39)44-46-43(29-12-5-2-6-13-29)47-45(48-44)34-19-22-37-36-16-7-8-17-41(36)50-42(37)27-34/h1-27H/i18D,20D,21D,23D,25D,26D. The van der Waals surface area contributed by atoms with Crippen LogP contribution in [0.4, 0.5) is 0 Å². The molecule has 0 saturated heterocycles. The highest BCUT2D eigenvalue weighted by Gasteiger charge is 2.16. The quantitative estimate of drug-likeness (QED) is 0.184. The van der Waals surface area contributed by atoms with Gasteiger partial charge < -0.3 is 4.42 Å². The van der Waals surface area contributed by atoms with Gasteiger partial charge in [0.05, 0.1) is 8.22 Å². The third kappa shape index (κ3) is 4.95. The zero-order valence-electron chi connectivity index (χ0n) is 32.3. The summed E-state index contributed by atoms with van der Waals surface area (Å²) < 4.78 is 63.8. The fraction of sp³-hybridized carbons (Fsp3) is 0. The number of fused-ring (bicyclic) bond motifs is 6. The Hall–Kier alpha value is -6.43. The Labute approximate surface area is 300 Å². The SMILES string of the molecule is [2H]c1c(-c2cccc(-c3ccccc3)c2)c([2H])c2c(oc3c([2H])c(-c4nc(-c5ccccc5)nc(-c5ccc6c(c5)sc5ccccc56)n4)c([2H])c([2H])c32)c1[2H]. The van der Waals surface area contributed by atoms with Crippen LogP contribution in [0.25, 0.3) is 98.5 Å². The van der Waals surface area contributed by atoms with E-state index in [0.717, 1.165) is 36.9 Å². The molecular formula is C45H27N3OS. The molecule has 0 aliphatic carbocycles. The predicted molar refractivity (Wildman–Crippen MR) is 207 cm³/mol. The molecule has 3 aromatic heterocycles. The van der Waals surface area contributed by atoms with Gasteiger partial charge in [0.1, 0.15) is 11.2 Å². The minimum atomic E-state index is -0.324. The predicted octanol–water partition coefficient (Wildman–Crippen LogP) is 12.5. The third-order valence-electron chi connectivity index (χ3n) is 8.80. The summed E-state index contributed by atoms with van der Waals surface area (Å²) in [7, 11) is 0. The number of rotatable bonds is 5. The summed E-state index contributed by atoms with van der Waals surface area (Å²) in [5.74, 6) is 0.694. The highest BCUT2D eigenvalue weighted by Crippen LogP contribution is 2.38. The lowest BCUT2D eigenvalue weighted by atomic mass is 9.98. The van der Waals surface area contributed by atoms with Crippen molar-refractivity contribution < 1.29 is 12.6 Å². The van der Waals surface area contributed by atoms with Crippen LogP contribution in [0.2, 0.25) is 0 Å². The highest BCUT2D eigenvalue weighted by atomic mass is 32.1. The highest BCUT2D eigenvalue weighted by molar-refractivity contribution is 7.25. The average Bonchev–Trinajstić information content (AvgIpc) is 3.83. The molecule has 0 atom stereocenters. The van der Waals surface area contributed by atoms with E-state index in [1.54, 1.807) is 17.4 Å². The van der Waals surface area contributed by atoms with Gasteiger partial charge in [0.25, 0.3) is 0 Å². The average molecular weight is 664 g/mol. The molecule has 0 amide bonds. The normalized spacial score (nSPS) is 13.3. The maximum absolute atomic E-state index is 9.44. The van der Waals surface area contributed by atoms with Gasteiger partial charge >= 0.3 is 0 Å². The van der Waals surface area contributed by atoms with E-state index in [0.29, 0.717) is 22.8 Å². The smallest absolute Gasteiger partial charge is 0.164 e. The van der Waals surface area contributed by atoms with E-state index in [2.05, 4.69) is 12.1 Å². The van der Waals surface area contributed by atoms with Crippen LogP contribution >= 0.6 is 11.3 Å². The van der Waals surface area contributed by atoms with Gasteiger partial charge in [-0.3, -0.25) is 0 Å². The fourth-order valence-corrected chi connectivity index (χ4v) is 7.48. The number of thiophene rings is 1. The number of hydrogen-bond donors (Lipinski definition) is 0. The lowest BCUT2D eigenvalue weighted by molar-refractivity contribution is 0.669. The van der Waals surface area contributed by atoms with E-state index in [-0.39, 0.29) is 75.1 Å². The molecular weight excluding hydrogens is 631 g/mol. The third-order valence-corrected chi connectivity index (χ3v) is 9.93. The van der Waals surface area contributed by atoms with Crippen LogP contribution in [0, 0.1) is 0 Å². The van der Waals surface area contributed by atoms with Gasteiger partial charge in [-0.25, -0.2) is 15.0 Å². The Balaban J connectivity index is 1.19. The molecule has 4 nitrogen and oxygen atoms in total. The Kier molecular flexibility index (Phi) is 5.35. The lowest BCUT2D eigenvalue weighted by Gasteiger charge is -2.08. The molecule has 50 heavy (non-hydrogen) atoms. The summed E-state index contributed by atoms with van der Waals surface area (Å²) in [6, 6.07) is 39.4. The van der Waals surface area contributed by atoms with E-state index in [1.165, 1.54) is 0 Å². The minimum Gasteiger partial charge on any atom is -0.456 e. The summed E-state index contributed by atoms with van der Waals surface area (Å²) >= 11 is 1.67. The Morgan fingerprint density at radius 1 is 0.400 bits per heavy atom. The van der Waals surface area contributed by atoms with Gasteiger partial charge in [0.15, 0.2) is 17.5 Å². The van der Waals surface area contributed by atoms with Crippen molar-refractivity contribution in [2.45, 2.75) is 0 Å². The lowest BCUT2D eigenvalue weighted by Crippen LogP contribution is -2.00. The zero-order valence-corrected chi connectivity index (χ0v) is 27.1. The van der Waals surface area contributed by atoms with Gasteiger partial charge in [-0.2, -0.15) is 0 Å². The summed E-state index contributed by atoms with van der Waals surface area (Å²) in [5.41, 5.74) is 3.84. The first-order chi connectivity index (χ1) is 27.3. The number of benzene rings is 7. The van der Waals surface area contributed by atoms with Crippen molar-refractivity contribution in [1.82, 2.24) is 15.0 Å². The maximum Gasteiger partial charge on any atom is 0.164 e. The Morgan fingerprint density at radius 3 is 1.86 bits per heavy atom. The first-order valence-corrected chi connectivity index (χ1v) is 16.9. The molecule has 0 aliphatic rings. The zero-order chi connectivity index (χ0) is 38.2. The van der Waals surface area contributed by atoms with Gasteiger partial charge in [0.2, 0.25) is 0 Å². The second-order valence-electron chi connectivity index (χ2n) is 11.9. The van der Waals surface area contributed by atoms with Gasteiger partial charge in [-0.05, 0) is 64.6 Å². The van der Waals surface area contributed by atoms with E-state index in [1.807, 2.05) is 109 Å². The van der Waals surface area contributed by atoms with Crippen LogP contribution in [0.15, 0.2) is 168 Å². The second-order valence-corrected chi connectivity index (χ2v) is 13.0. The van der Waals surface area contributed by atoms with Gasteiger partial charge in [-0.15, -0.1) is 11.3 Å². The van der Waals surface area contributed by atoms with Crippen LogP contribution in [0.1, 0.15) is 8.22 Å². The molecule has 234 valence electrons. The van der Waals surface area contributed by atoms with Gasteiger partial charge in [0, 0.05) is 47.6 Å². The molecule has 3 heterocycles. The topological polar surface area (TPSA) is 51.8 Å². The largest absolute Gasteiger partial charge is 0.456 e. The molecule has 0 unspecified atom stereocenters. The van der Waals surface area contributed by atoms with Crippen LogP contribution < -0.4 is 0 Å². The van der Waals surface area contributed by atoms with Crippen LogP contribution in [0.3, 0.4) is 0 Å². The van der Waals surface area contributed by atoms with Crippen molar-refractivity contribution in [2.24, 2.45) is 0 Å². The first kappa shape index (κ1) is 23.0. The fourth-order valence-electron chi connectivity index (χ4n) is 6.33. The molecule has 0 spiro atoms. The summed E-state index contributed by atoms with van der Waals surface area (Å²) in [5, 5.41) is 2.45. The van der Waals surface area contributed by atoms with E-state index < -0.39 is 0 Å². The molecule has 10 rings (SSSR count). The number of furan rings is 1. The van der Waals surface area contributed by atoms with E-state index in [4.69, 9.17) is 22.1 Å². The molecule has 10 aromatic rings. The molecule has 0 fully saturated rings. The molecule has 0 saturated carbocycles. The molecule has 5 heteroatoms. The molecule has 0 N–H and O–H groups in total. The van der Waals surface area contributed by atoms with Crippen LogP contribution in [-0.2, 0) is 0 Å². The Bertz CT molecular complexity index is 3220. The monoisotopic (exact) mass is 663 g/mol. The first-order valence-electron chi connectivity index (χ1n) is 19.1. The number of nitrogens with zero attached hydrogens (tertiary/aromatic N) is 3. The summed E-state index contributed by atoms with van der Waals surface area (Å²) in [4.78, 5) is 14.5. The van der Waals surface area contributed by atoms with E-state index in [9.17, 15) is 5.48 Å². The number of aromatic nitrogens is 3. The van der Waals surface area contributed by atoms with Gasteiger partial charge in [-0.1, -0.05) is 121 Å². The molecule has 0 aliphatic heterocycles. The summed E-state index contributed by atoms with van der Waals surface area (Å²) in [6.45, 7) is 0. The van der Waals surface area contributed by atoms with Crippen LogP contribution in [-0.4, -0.2) is 15.0 Å². The summed E-state index contributed by atoms with van der Waals surface area (Å²) in [6.07, 6.45) is 0. The van der Waals surface area contributed by atoms with E-state index >= 15 is 0 Å². The van der Waals surface area contributed by atoms with Crippen molar-refractivity contribution in [1.29, 1.82) is 0 Å². The molecule has 0 bridgehead atoms. The van der Waals surface area contributed by atoms with Crippen LogP contribution in [0.5, 0.6) is 0 Å². The van der Waals surface area contributed by atoms with Crippen molar-refractivity contribution in [3.05, 3.63) is 164 Å². The maximum atomic E-state index is 9.44. The van der Waals surface area contributed by atoms with Crippen molar-refractivity contribution >= 4 is 53.4 Å². The van der Waals surface area contributed by atoms with Crippen molar-refractivity contribution in [2.75, 3.05) is 0 Å². The van der Waals surface area contributed by atoms with Crippen molar-refractivity contribution in [3.8, 4) is 56.4 Å². The Morgan fingerprint density at radius 2 is 1.04 bits per heavy atom.